The predicted octanol–water partition coefficient (Wildman–Crippen LogP) is 5.12. The number of halogens is 3. The van der Waals surface area contributed by atoms with E-state index in [1.807, 2.05) is 30.3 Å². The second kappa shape index (κ2) is 10.6. The van der Waals surface area contributed by atoms with Gasteiger partial charge in [0.2, 0.25) is 0 Å². The molecule has 0 unspecified atom stereocenters. The quantitative estimate of drug-likeness (QED) is 0.402. The van der Waals surface area contributed by atoms with Crippen molar-refractivity contribution in [1.29, 1.82) is 0 Å². The zero-order valence-electron chi connectivity index (χ0n) is 20.8. The van der Waals surface area contributed by atoms with Crippen molar-refractivity contribution in [2.45, 2.75) is 19.5 Å². The number of aromatic nitrogens is 3. The number of ether oxygens (including phenoxy) is 2. The molecule has 0 radical (unpaired) electrons. The van der Waals surface area contributed by atoms with E-state index in [-0.39, 0.29) is 19.0 Å². The Morgan fingerprint density at radius 1 is 1.03 bits per heavy atom. The first-order valence-corrected chi connectivity index (χ1v) is 12.8. The van der Waals surface area contributed by atoms with Gasteiger partial charge >= 0.3 is 0 Å². The molecule has 0 aliphatic carbocycles. The lowest BCUT2D eigenvalue weighted by Gasteiger charge is -2.36. The van der Waals surface area contributed by atoms with Crippen LogP contribution in [0.5, 0.6) is 5.75 Å². The number of pyridine rings is 1. The van der Waals surface area contributed by atoms with E-state index in [4.69, 9.17) is 9.47 Å². The highest BCUT2D eigenvalue weighted by molar-refractivity contribution is 5.95. The molecule has 2 aliphatic heterocycles. The first kappa shape index (κ1) is 24.7. The summed E-state index contributed by atoms with van der Waals surface area (Å²) in [6, 6.07) is 12.8. The minimum atomic E-state index is -2.33. The van der Waals surface area contributed by atoms with Gasteiger partial charge in [-0.1, -0.05) is 18.2 Å². The molecule has 2 aromatic heterocycles. The molecule has 38 heavy (non-hydrogen) atoms. The number of aromatic amines is 1. The van der Waals surface area contributed by atoms with E-state index in [0.717, 1.165) is 27.7 Å². The number of hydrogen-bond donors (Lipinski definition) is 1. The average molecular weight is 524 g/mol. The van der Waals surface area contributed by atoms with E-state index in [9.17, 15) is 13.2 Å². The van der Waals surface area contributed by atoms with Gasteiger partial charge in [-0.05, 0) is 29.8 Å². The minimum absolute atomic E-state index is 0.201. The molecule has 1 fully saturated rings. The van der Waals surface area contributed by atoms with Crippen LogP contribution < -0.4 is 9.64 Å². The fraction of sp³-hybridized carbons (Fsp3) is 0.357. The molecule has 4 bridgehead atoms. The van der Waals surface area contributed by atoms with Gasteiger partial charge in [0.25, 0.3) is 6.43 Å². The summed E-state index contributed by atoms with van der Waals surface area (Å²) in [6.45, 7) is 3.34. The number of anilines is 1. The third kappa shape index (κ3) is 4.93. The highest BCUT2D eigenvalue weighted by atomic mass is 19.3. The van der Waals surface area contributed by atoms with Crippen molar-refractivity contribution in [1.82, 2.24) is 20.1 Å². The maximum atomic E-state index is 15.0. The number of benzene rings is 2. The molecule has 0 atom stereocenters. The fourth-order valence-electron chi connectivity index (χ4n) is 5.18. The van der Waals surface area contributed by atoms with Crippen molar-refractivity contribution in [2.75, 3.05) is 50.8 Å². The van der Waals surface area contributed by atoms with Crippen molar-refractivity contribution >= 4 is 16.6 Å². The van der Waals surface area contributed by atoms with Crippen molar-refractivity contribution in [3.05, 3.63) is 60.0 Å². The lowest BCUT2D eigenvalue weighted by Crippen LogP contribution is -2.47. The summed E-state index contributed by atoms with van der Waals surface area (Å²) in [5.74, 6) is 0.357. The van der Waals surface area contributed by atoms with Crippen LogP contribution in [0.2, 0.25) is 0 Å². The zero-order valence-corrected chi connectivity index (χ0v) is 20.8. The van der Waals surface area contributed by atoms with Gasteiger partial charge in [0.05, 0.1) is 49.5 Å². The summed E-state index contributed by atoms with van der Waals surface area (Å²) in [5, 5.41) is 8.40. The maximum Gasteiger partial charge on any atom is 0.251 e. The number of piperazine rings is 1. The molecule has 0 amide bonds. The number of hydrogen-bond acceptors (Lipinski definition) is 6. The van der Waals surface area contributed by atoms with Crippen LogP contribution in [0.1, 0.15) is 12.0 Å². The molecule has 2 aromatic carbocycles. The Balaban J connectivity index is 1.39. The second-order valence-corrected chi connectivity index (χ2v) is 9.58. The molecule has 7 nitrogen and oxygen atoms in total. The Hall–Kier alpha value is -3.63. The van der Waals surface area contributed by atoms with E-state index < -0.39 is 6.43 Å². The first-order valence-electron chi connectivity index (χ1n) is 12.8. The van der Waals surface area contributed by atoms with E-state index in [1.54, 1.807) is 17.2 Å². The van der Waals surface area contributed by atoms with Crippen LogP contribution in [-0.4, -0.2) is 72.4 Å². The van der Waals surface area contributed by atoms with Crippen LogP contribution in [0.25, 0.3) is 33.4 Å². The molecule has 2 aliphatic rings. The molecular weight excluding hydrogens is 495 g/mol. The minimum Gasteiger partial charge on any atom is -0.491 e. The molecular formula is C28H28F3N5O2. The predicted molar refractivity (Wildman–Crippen MR) is 139 cm³/mol. The first-order chi connectivity index (χ1) is 18.6. The molecule has 0 spiro atoms. The standard InChI is InChI=1S/C28H28F3N5O2/c29-21-4-1-3-19-17-37-11-2-12-38-25-13-18(28-20-14-22(27(19)21)32-15-23(20)33-34-28)5-6-24(25)36-9-7-35(8-10-36)16-26(30)31/h1,3-6,13-15,26H,2,7-12,16-17H2,(H,33,34). The van der Waals surface area contributed by atoms with Gasteiger partial charge in [-0.2, -0.15) is 5.10 Å². The monoisotopic (exact) mass is 523 g/mol. The molecule has 6 rings (SSSR count). The number of nitrogens with one attached hydrogen (secondary N) is 1. The Morgan fingerprint density at radius 2 is 1.89 bits per heavy atom. The van der Waals surface area contributed by atoms with E-state index in [0.29, 0.717) is 68.5 Å². The third-order valence-corrected chi connectivity index (χ3v) is 7.09. The molecule has 198 valence electrons. The summed E-state index contributed by atoms with van der Waals surface area (Å²) in [5.41, 5.74) is 4.90. The van der Waals surface area contributed by atoms with Crippen molar-refractivity contribution in [3.63, 3.8) is 0 Å². The van der Waals surface area contributed by atoms with Crippen LogP contribution in [0.4, 0.5) is 18.9 Å². The summed E-state index contributed by atoms with van der Waals surface area (Å²) >= 11 is 0. The highest BCUT2D eigenvalue weighted by Crippen LogP contribution is 2.37. The topological polar surface area (TPSA) is 66.5 Å². The van der Waals surface area contributed by atoms with Crippen molar-refractivity contribution in [2.24, 2.45) is 0 Å². The van der Waals surface area contributed by atoms with Gasteiger partial charge in [0.1, 0.15) is 17.3 Å². The summed E-state index contributed by atoms with van der Waals surface area (Å²) < 4.78 is 52.8. The van der Waals surface area contributed by atoms with Crippen LogP contribution in [-0.2, 0) is 11.3 Å². The van der Waals surface area contributed by atoms with E-state index in [1.165, 1.54) is 6.07 Å². The lowest BCUT2D eigenvalue weighted by molar-refractivity contribution is 0.0853. The largest absolute Gasteiger partial charge is 0.491 e. The smallest absolute Gasteiger partial charge is 0.251 e. The molecule has 1 N–H and O–H groups in total. The molecule has 4 heterocycles. The highest BCUT2D eigenvalue weighted by Gasteiger charge is 2.23. The second-order valence-electron chi connectivity index (χ2n) is 9.58. The van der Waals surface area contributed by atoms with Gasteiger partial charge in [-0.15, -0.1) is 0 Å². The number of alkyl halides is 2. The molecule has 1 saturated heterocycles. The van der Waals surface area contributed by atoms with Gasteiger partial charge in [0, 0.05) is 49.1 Å². The van der Waals surface area contributed by atoms with Crippen LogP contribution in [0.3, 0.4) is 0 Å². The Labute approximate surface area is 218 Å². The summed E-state index contributed by atoms with van der Waals surface area (Å²) in [7, 11) is 0. The molecule has 4 aromatic rings. The van der Waals surface area contributed by atoms with Crippen LogP contribution >= 0.6 is 0 Å². The van der Waals surface area contributed by atoms with Crippen molar-refractivity contribution in [3.8, 4) is 28.3 Å². The summed E-state index contributed by atoms with van der Waals surface area (Å²) in [4.78, 5) is 8.48. The van der Waals surface area contributed by atoms with Crippen LogP contribution in [0, 0.1) is 5.82 Å². The normalized spacial score (nSPS) is 16.8. The average Bonchev–Trinajstić information content (AvgIpc) is 3.34. The number of rotatable bonds is 3. The summed E-state index contributed by atoms with van der Waals surface area (Å²) in [6.07, 6.45) is -0.0162. The number of nitrogens with zero attached hydrogens (tertiary/aromatic N) is 4. The third-order valence-electron chi connectivity index (χ3n) is 7.09. The lowest BCUT2D eigenvalue weighted by atomic mass is 10.0. The molecule has 10 heteroatoms. The van der Waals surface area contributed by atoms with Gasteiger partial charge in [-0.25, -0.2) is 13.2 Å². The van der Waals surface area contributed by atoms with Crippen LogP contribution in [0.15, 0.2) is 48.7 Å². The van der Waals surface area contributed by atoms with Gasteiger partial charge in [-0.3, -0.25) is 15.0 Å². The Kier molecular flexibility index (Phi) is 6.90. The van der Waals surface area contributed by atoms with Gasteiger partial charge in [0.15, 0.2) is 0 Å². The Morgan fingerprint density at radius 3 is 2.74 bits per heavy atom. The van der Waals surface area contributed by atoms with E-state index in [2.05, 4.69) is 20.1 Å². The zero-order chi connectivity index (χ0) is 26.1. The number of fused-ring (bicyclic) bond motifs is 6. The maximum absolute atomic E-state index is 15.0. The van der Waals surface area contributed by atoms with E-state index >= 15 is 0 Å². The SMILES string of the molecule is Fc1cccc2c1-c1cc3c(n[nH]c3cn1)-c1ccc(N3CCN(CC(F)F)CC3)c(c1)OCCCOC2. The fourth-order valence-corrected chi connectivity index (χ4v) is 5.18. The number of H-pyrrole nitrogens is 1. The molecule has 0 saturated carbocycles. The van der Waals surface area contributed by atoms with Gasteiger partial charge < -0.3 is 14.4 Å². The van der Waals surface area contributed by atoms with Crippen molar-refractivity contribution < 1.29 is 22.6 Å². The Bertz CT molecular complexity index is 1440.